The van der Waals surface area contributed by atoms with Crippen LogP contribution in [0.3, 0.4) is 0 Å². The van der Waals surface area contributed by atoms with Crippen LogP contribution in [0.15, 0.2) is 42.5 Å². The molecule has 0 spiro atoms. The van der Waals surface area contributed by atoms with Gasteiger partial charge >= 0.3 is 5.97 Å². The van der Waals surface area contributed by atoms with Crippen LogP contribution in [-0.4, -0.2) is 17.7 Å². The molecule has 1 N–H and O–H groups in total. The Labute approximate surface area is 162 Å². The lowest BCUT2D eigenvalue weighted by molar-refractivity contribution is -0.143. The van der Waals surface area contributed by atoms with Gasteiger partial charge in [-0.05, 0) is 79.1 Å². The topological polar surface area (TPSA) is 70.3 Å². The Morgan fingerprint density at radius 1 is 1.11 bits per heavy atom. The summed E-state index contributed by atoms with van der Waals surface area (Å²) in [5, 5.41) is 20.1. The SMILES string of the molecule is CCOC(=O)CCc1cc(O)cc(CCc2cc3cc(C#N)ccc3s2)c1. The van der Waals surface area contributed by atoms with Crippen molar-refractivity contribution in [1.82, 2.24) is 0 Å². The monoisotopic (exact) mass is 379 g/mol. The maximum absolute atomic E-state index is 11.5. The van der Waals surface area contributed by atoms with Crippen molar-refractivity contribution in [3.8, 4) is 11.8 Å². The number of phenols is 1. The van der Waals surface area contributed by atoms with E-state index in [1.54, 1.807) is 30.4 Å². The third-order valence-corrected chi connectivity index (χ3v) is 5.49. The van der Waals surface area contributed by atoms with Crippen molar-refractivity contribution < 1.29 is 14.6 Å². The van der Waals surface area contributed by atoms with E-state index in [9.17, 15) is 9.90 Å². The summed E-state index contributed by atoms with van der Waals surface area (Å²) in [4.78, 5) is 12.8. The highest BCUT2D eigenvalue weighted by molar-refractivity contribution is 7.19. The summed E-state index contributed by atoms with van der Waals surface area (Å²) in [5.74, 6) is 0.00534. The standard InChI is InChI=1S/C22H21NO3S/c1-2-26-22(25)8-5-16-9-15(11-19(24)12-16)3-6-20-13-18-10-17(14-23)4-7-21(18)27-20/h4,7,9-13,24H,2-3,5-6,8H2,1H3. The molecule has 0 amide bonds. The Morgan fingerprint density at radius 2 is 1.89 bits per heavy atom. The lowest BCUT2D eigenvalue weighted by Gasteiger charge is -2.07. The quantitative estimate of drug-likeness (QED) is 0.601. The summed E-state index contributed by atoms with van der Waals surface area (Å²) < 4.78 is 6.13. The molecule has 0 fully saturated rings. The van der Waals surface area contributed by atoms with Crippen molar-refractivity contribution in [3.05, 3.63) is 64.0 Å². The lowest BCUT2D eigenvalue weighted by Crippen LogP contribution is -2.05. The highest BCUT2D eigenvalue weighted by Crippen LogP contribution is 2.28. The van der Waals surface area contributed by atoms with Crippen LogP contribution >= 0.6 is 11.3 Å². The van der Waals surface area contributed by atoms with Gasteiger partial charge in [0.05, 0.1) is 18.2 Å². The number of nitriles is 1. The Kier molecular flexibility index (Phi) is 6.10. The van der Waals surface area contributed by atoms with Crippen molar-refractivity contribution in [2.45, 2.75) is 32.6 Å². The molecule has 138 valence electrons. The number of hydrogen-bond acceptors (Lipinski definition) is 5. The number of aryl methyl sites for hydroxylation is 3. The van der Waals surface area contributed by atoms with E-state index in [0.717, 1.165) is 29.4 Å². The number of carbonyl (C=O) groups excluding carboxylic acids is 1. The minimum Gasteiger partial charge on any atom is -0.508 e. The molecule has 0 saturated heterocycles. The van der Waals surface area contributed by atoms with E-state index in [1.807, 2.05) is 24.3 Å². The zero-order valence-electron chi connectivity index (χ0n) is 15.2. The zero-order chi connectivity index (χ0) is 19.2. The molecular weight excluding hydrogens is 358 g/mol. The number of phenolic OH excluding ortho intramolecular Hbond substituents is 1. The number of aromatic hydroxyl groups is 1. The summed E-state index contributed by atoms with van der Waals surface area (Å²) in [6.07, 6.45) is 2.54. The van der Waals surface area contributed by atoms with Crippen LogP contribution in [0.1, 0.15) is 34.9 Å². The largest absolute Gasteiger partial charge is 0.508 e. The van der Waals surface area contributed by atoms with Crippen molar-refractivity contribution in [2.24, 2.45) is 0 Å². The number of carbonyl (C=O) groups is 1. The molecule has 0 radical (unpaired) electrons. The van der Waals surface area contributed by atoms with Crippen LogP contribution in [0, 0.1) is 11.3 Å². The minimum absolute atomic E-state index is 0.218. The highest BCUT2D eigenvalue weighted by atomic mass is 32.1. The van der Waals surface area contributed by atoms with E-state index in [-0.39, 0.29) is 11.7 Å². The Hall–Kier alpha value is -2.84. The number of esters is 1. The average molecular weight is 379 g/mol. The maximum Gasteiger partial charge on any atom is 0.306 e. The second-order valence-corrected chi connectivity index (χ2v) is 7.56. The summed E-state index contributed by atoms with van der Waals surface area (Å²) in [7, 11) is 0. The van der Waals surface area contributed by atoms with E-state index in [0.29, 0.717) is 25.0 Å². The molecule has 0 atom stereocenters. The first kappa shape index (κ1) is 18.9. The Balaban J connectivity index is 1.67. The van der Waals surface area contributed by atoms with Crippen LogP contribution in [-0.2, 0) is 28.8 Å². The second kappa shape index (κ2) is 8.70. The van der Waals surface area contributed by atoms with Gasteiger partial charge in [0.2, 0.25) is 0 Å². The van der Waals surface area contributed by atoms with Gasteiger partial charge in [-0.15, -0.1) is 11.3 Å². The summed E-state index contributed by atoms with van der Waals surface area (Å²) in [5.41, 5.74) is 2.66. The first-order chi connectivity index (χ1) is 13.1. The average Bonchev–Trinajstić information content (AvgIpc) is 3.06. The molecule has 2 aromatic carbocycles. The smallest absolute Gasteiger partial charge is 0.306 e. The van der Waals surface area contributed by atoms with E-state index in [1.165, 1.54) is 9.58 Å². The summed E-state index contributed by atoms with van der Waals surface area (Å²) in [6.45, 7) is 2.18. The predicted octanol–water partition coefficient (Wildman–Crippen LogP) is 4.76. The molecule has 3 rings (SSSR count). The number of fused-ring (bicyclic) bond motifs is 1. The van der Waals surface area contributed by atoms with E-state index in [4.69, 9.17) is 10.00 Å². The Bertz CT molecular complexity index is 1000. The fourth-order valence-electron chi connectivity index (χ4n) is 3.07. The molecule has 0 aliphatic carbocycles. The number of nitrogens with zero attached hydrogens (tertiary/aromatic N) is 1. The van der Waals surface area contributed by atoms with Gasteiger partial charge in [-0.1, -0.05) is 6.07 Å². The van der Waals surface area contributed by atoms with Gasteiger partial charge in [-0.2, -0.15) is 5.26 Å². The van der Waals surface area contributed by atoms with Gasteiger partial charge in [0, 0.05) is 16.0 Å². The third-order valence-electron chi connectivity index (χ3n) is 4.32. The van der Waals surface area contributed by atoms with Gasteiger partial charge in [0.15, 0.2) is 0 Å². The van der Waals surface area contributed by atoms with Crippen molar-refractivity contribution in [2.75, 3.05) is 6.61 Å². The van der Waals surface area contributed by atoms with Crippen LogP contribution in [0.2, 0.25) is 0 Å². The van der Waals surface area contributed by atoms with Gasteiger partial charge in [-0.3, -0.25) is 4.79 Å². The van der Waals surface area contributed by atoms with Gasteiger partial charge < -0.3 is 9.84 Å². The second-order valence-electron chi connectivity index (χ2n) is 6.39. The van der Waals surface area contributed by atoms with Gasteiger partial charge in [-0.25, -0.2) is 0 Å². The van der Waals surface area contributed by atoms with Crippen LogP contribution in [0.5, 0.6) is 5.75 Å². The number of hydrogen-bond donors (Lipinski definition) is 1. The van der Waals surface area contributed by atoms with Crippen molar-refractivity contribution >= 4 is 27.4 Å². The van der Waals surface area contributed by atoms with Crippen molar-refractivity contribution in [3.63, 3.8) is 0 Å². The number of benzene rings is 2. The lowest BCUT2D eigenvalue weighted by atomic mass is 10.0. The Morgan fingerprint density at radius 3 is 2.63 bits per heavy atom. The molecule has 3 aromatic rings. The minimum atomic E-state index is -0.218. The van der Waals surface area contributed by atoms with Crippen molar-refractivity contribution in [1.29, 1.82) is 5.26 Å². The highest BCUT2D eigenvalue weighted by Gasteiger charge is 2.07. The number of rotatable bonds is 7. The molecule has 1 heterocycles. The van der Waals surface area contributed by atoms with E-state index in [2.05, 4.69) is 12.1 Å². The normalized spacial score (nSPS) is 10.7. The molecule has 4 nitrogen and oxygen atoms in total. The van der Waals surface area contributed by atoms with Crippen LogP contribution in [0.4, 0.5) is 0 Å². The summed E-state index contributed by atoms with van der Waals surface area (Å²) in [6, 6.07) is 15.6. The van der Waals surface area contributed by atoms with Gasteiger partial charge in [0.25, 0.3) is 0 Å². The first-order valence-corrected chi connectivity index (χ1v) is 9.79. The molecule has 1 aromatic heterocycles. The third kappa shape index (κ3) is 5.08. The fourth-order valence-corrected chi connectivity index (χ4v) is 4.11. The molecule has 0 unspecified atom stereocenters. The molecular formula is C22H21NO3S. The number of ether oxygens (including phenoxy) is 1. The summed E-state index contributed by atoms with van der Waals surface area (Å²) >= 11 is 1.73. The van der Waals surface area contributed by atoms with Crippen LogP contribution < -0.4 is 0 Å². The fraction of sp³-hybridized carbons (Fsp3) is 0.273. The van der Waals surface area contributed by atoms with Crippen LogP contribution in [0.25, 0.3) is 10.1 Å². The molecule has 0 saturated carbocycles. The zero-order valence-corrected chi connectivity index (χ0v) is 16.0. The molecule has 0 bridgehead atoms. The molecule has 0 aliphatic rings. The molecule has 0 aliphatic heterocycles. The predicted molar refractivity (Wildman–Crippen MR) is 107 cm³/mol. The molecule has 5 heteroatoms. The van der Waals surface area contributed by atoms with Gasteiger partial charge in [0.1, 0.15) is 5.75 Å². The maximum atomic E-state index is 11.5. The first-order valence-electron chi connectivity index (χ1n) is 8.97. The molecule has 27 heavy (non-hydrogen) atoms. The van der Waals surface area contributed by atoms with E-state index < -0.39 is 0 Å². The van der Waals surface area contributed by atoms with E-state index >= 15 is 0 Å². The number of thiophene rings is 1.